The number of nitrogens with zero attached hydrogens (tertiary/aromatic N) is 1. The predicted octanol–water partition coefficient (Wildman–Crippen LogP) is 5.59. The highest BCUT2D eigenvalue weighted by atomic mass is 35.5. The molecule has 2 heterocycles. The quantitative estimate of drug-likeness (QED) is 0.517. The van der Waals surface area contributed by atoms with E-state index in [0.29, 0.717) is 36.2 Å². The van der Waals surface area contributed by atoms with Gasteiger partial charge in [-0.3, -0.25) is 4.90 Å². The van der Waals surface area contributed by atoms with Crippen LogP contribution < -0.4 is 5.32 Å². The van der Waals surface area contributed by atoms with Crippen molar-refractivity contribution < 1.29 is 31.4 Å². The highest BCUT2D eigenvalue weighted by Gasteiger charge is 2.71. The van der Waals surface area contributed by atoms with Gasteiger partial charge < -0.3 is 10.4 Å². The fraction of sp³-hybridized carbons (Fsp3) is 0.500. The summed E-state index contributed by atoms with van der Waals surface area (Å²) in [6.45, 7) is 4.72. The molecule has 0 spiro atoms. The number of rotatable bonds is 5. The lowest BCUT2D eigenvalue weighted by molar-refractivity contribution is -0.376. The lowest BCUT2D eigenvalue weighted by Gasteiger charge is -2.35. The van der Waals surface area contributed by atoms with Crippen LogP contribution in [0.25, 0.3) is 11.1 Å². The summed E-state index contributed by atoms with van der Waals surface area (Å²) in [6.07, 6.45) is -8.79. The molecular weight excluding hydrogens is 482 g/mol. The van der Waals surface area contributed by atoms with Gasteiger partial charge >= 0.3 is 12.4 Å². The van der Waals surface area contributed by atoms with E-state index in [9.17, 15) is 31.4 Å². The number of aryl methyl sites for hydroxylation is 1. The number of benzene rings is 2. The van der Waals surface area contributed by atoms with Crippen molar-refractivity contribution in [2.24, 2.45) is 0 Å². The van der Waals surface area contributed by atoms with Crippen molar-refractivity contribution in [1.29, 1.82) is 0 Å². The van der Waals surface area contributed by atoms with Crippen LogP contribution in [0.2, 0.25) is 0 Å². The topological polar surface area (TPSA) is 35.5 Å². The molecule has 0 aliphatic carbocycles. The Labute approximate surface area is 200 Å². The third kappa shape index (κ3) is 4.67. The van der Waals surface area contributed by atoms with Crippen molar-refractivity contribution in [3.63, 3.8) is 0 Å². The second-order valence-electron chi connectivity index (χ2n) is 8.84. The molecule has 3 nitrogen and oxygen atoms in total. The average Bonchev–Trinajstić information content (AvgIpc) is 2.96. The van der Waals surface area contributed by atoms with Crippen LogP contribution in [0.3, 0.4) is 0 Å². The van der Waals surface area contributed by atoms with Gasteiger partial charge in [-0.1, -0.05) is 49.4 Å². The van der Waals surface area contributed by atoms with Gasteiger partial charge in [0.2, 0.25) is 0 Å². The Balaban J connectivity index is 0.00000324. The molecule has 188 valence electrons. The fourth-order valence-corrected chi connectivity index (χ4v) is 5.04. The van der Waals surface area contributed by atoms with E-state index in [1.807, 2.05) is 19.1 Å². The summed E-state index contributed by atoms with van der Waals surface area (Å²) in [5.74, 6) is 0. The lowest BCUT2D eigenvalue weighted by Crippen LogP contribution is -2.53. The van der Waals surface area contributed by atoms with E-state index in [-0.39, 0.29) is 12.4 Å². The van der Waals surface area contributed by atoms with E-state index in [0.717, 1.165) is 36.3 Å². The summed E-state index contributed by atoms with van der Waals surface area (Å²) in [6, 6.07) is 10.7. The summed E-state index contributed by atoms with van der Waals surface area (Å²) in [7, 11) is 0. The van der Waals surface area contributed by atoms with Crippen LogP contribution >= 0.6 is 12.4 Å². The Morgan fingerprint density at radius 1 is 0.912 bits per heavy atom. The van der Waals surface area contributed by atoms with Crippen molar-refractivity contribution in [3.8, 4) is 11.1 Å². The summed E-state index contributed by atoms with van der Waals surface area (Å²) in [5.41, 5.74) is -2.83. The molecule has 0 amide bonds. The Bertz CT molecular complexity index is 962. The number of alkyl halides is 6. The number of fused-ring (bicyclic) bond motifs is 2. The third-order valence-electron chi connectivity index (χ3n) is 6.88. The van der Waals surface area contributed by atoms with E-state index in [2.05, 4.69) is 16.3 Å². The maximum atomic E-state index is 13.1. The monoisotopic (exact) mass is 508 g/mol. The van der Waals surface area contributed by atoms with E-state index in [1.165, 1.54) is 25.0 Å². The first kappa shape index (κ1) is 26.8. The maximum absolute atomic E-state index is 13.1. The molecule has 2 atom stereocenters. The third-order valence-corrected chi connectivity index (χ3v) is 6.88. The van der Waals surface area contributed by atoms with Gasteiger partial charge in [-0.25, -0.2) is 0 Å². The molecule has 2 fully saturated rings. The first-order valence-electron chi connectivity index (χ1n) is 11.0. The molecule has 2 saturated heterocycles. The maximum Gasteiger partial charge on any atom is 0.430 e. The molecule has 34 heavy (non-hydrogen) atoms. The highest BCUT2D eigenvalue weighted by molar-refractivity contribution is 5.85. The zero-order chi connectivity index (χ0) is 24.0. The molecule has 2 N–H and O–H groups in total. The van der Waals surface area contributed by atoms with Gasteiger partial charge in [0.1, 0.15) is 0 Å². The van der Waals surface area contributed by atoms with Gasteiger partial charge in [-0.15, -0.1) is 12.4 Å². The first-order valence-corrected chi connectivity index (χ1v) is 11.0. The summed E-state index contributed by atoms with van der Waals surface area (Å²) >= 11 is 0. The first-order chi connectivity index (χ1) is 15.5. The van der Waals surface area contributed by atoms with Gasteiger partial charge in [0, 0.05) is 37.3 Å². The minimum absolute atomic E-state index is 0. The molecule has 2 aromatic rings. The number of piperazine rings is 1. The molecule has 2 aromatic carbocycles. The molecule has 10 heteroatoms. The van der Waals surface area contributed by atoms with Gasteiger partial charge in [0.25, 0.3) is 5.60 Å². The van der Waals surface area contributed by atoms with Crippen molar-refractivity contribution >= 4 is 12.4 Å². The van der Waals surface area contributed by atoms with Crippen molar-refractivity contribution in [2.75, 3.05) is 13.1 Å². The standard InChI is InChI=1S/C24H26F6N2O.ClH/c1-2-16-11-15(14-32-19-8-9-20(32)13-31-12-19)3-10-21(16)17-4-6-18(7-5-17)22(33,23(25,26)27)24(28,29)30;/h3-7,10-11,19-20,31,33H,2,8-9,12-14H2,1H3;1H. The summed E-state index contributed by atoms with van der Waals surface area (Å²) < 4.78 is 78.9. The smallest absolute Gasteiger partial charge is 0.369 e. The highest BCUT2D eigenvalue weighted by Crippen LogP contribution is 2.50. The number of hydrogen-bond donors (Lipinski definition) is 2. The van der Waals surface area contributed by atoms with Gasteiger partial charge in [0.05, 0.1) is 0 Å². The summed E-state index contributed by atoms with van der Waals surface area (Å²) in [4.78, 5) is 2.51. The van der Waals surface area contributed by atoms with Gasteiger partial charge in [-0.2, -0.15) is 26.3 Å². The number of halogens is 7. The number of nitrogens with one attached hydrogen (secondary N) is 1. The van der Waals surface area contributed by atoms with Gasteiger partial charge in [0.15, 0.2) is 0 Å². The normalized spacial score (nSPS) is 21.4. The predicted molar refractivity (Wildman–Crippen MR) is 120 cm³/mol. The van der Waals surface area contributed by atoms with Crippen LogP contribution in [0.1, 0.15) is 36.5 Å². The molecule has 4 rings (SSSR count). The minimum atomic E-state index is -5.90. The zero-order valence-electron chi connectivity index (χ0n) is 18.5. The molecule has 2 unspecified atom stereocenters. The minimum Gasteiger partial charge on any atom is -0.369 e. The molecule has 0 radical (unpaired) electrons. The number of aliphatic hydroxyl groups is 1. The Morgan fingerprint density at radius 2 is 1.47 bits per heavy atom. The van der Waals surface area contributed by atoms with Crippen LogP contribution in [0.15, 0.2) is 42.5 Å². The van der Waals surface area contributed by atoms with Crippen molar-refractivity contribution in [1.82, 2.24) is 10.2 Å². The van der Waals surface area contributed by atoms with Crippen LogP contribution in [0, 0.1) is 0 Å². The second kappa shape index (κ2) is 9.68. The molecule has 2 aliphatic heterocycles. The van der Waals surface area contributed by atoms with Crippen molar-refractivity contribution in [3.05, 3.63) is 59.2 Å². The van der Waals surface area contributed by atoms with Crippen LogP contribution in [0.4, 0.5) is 26.3 Å². The number of hydrogen-bond acceptors (Lipinski definition) is 3. The largest absolute Gasteiger partial charge is 0.430 e. The summed E-state index contributed by atoms with van der Waals surface area (Å²) in [5, 5.41) is 13.0. The van der Waals surface area contributed by atoms with Crippen LogP contribution in [-0.4, -0.2) is 47.5 Å². The van der Waals surface area contributed by atoms with E-state index in [4.69, 9.17) is 0 Å². The molecule has 0 aromatic heterocycles. The molecule has 2 bridgehead atoms. The van der Waals surface area contributed by atoms with E-state index < -0.39 is 23.5 Å². The zero-order valence-corrected chi connectivity index (χ0v) is 19.3. The molecule has 2 aliphatic rings. The van der Waals surface area contributed by atoms with Gasteiger partial charge in [-0.05, 0) is 41.5 Å². The molecular formula is C24H27ClF6N2O. The SMILES string of the molecule is CCc1cc(CN2C3CCC2CNC3)ccc1-c1ccc(C(O)(C(F)(F)F)C(F)(F)F)cc1.Cl. The van der Waals surface area contributed by atoms with Crippen LogP contribution in [0.5, 0.6) is 0 Å². The van der Waals surface area contributed by atoms with Crippen molar-refractivity contribution in [2.45, 2.75) is 62.8 Å². The fourth-order valence-electron chi connectivity index (χ4n) is 5.04. The Morgan fingerprint density at radius 3 is 1.97 bits per heavy atom. The van der Waals surface area contributed by atoms with E-state index >= 15 is 0 Å². The molecule has 0 saturated carbocycles. The van der Waals surface area contributed by atoms with E-state index in [1.54, 1.807) is 0 Å². The average molecular weight is 509 g/mol. The Kier molecular flexibility index (Phi) is 7.63. The second-order valence-corrected chi connectivity index (χ2v) is 8.84. The van der Waals surface area contributed by atoms with Crippen LogP contribution in [-0.2, 0) is 18.6 Å². The lowest BCUT2D eigenvalue weighted by atomic mass is 9.89. The Hall–Kier alpha value is -1.81.